The van der Waals surface area contributed by atoms with Gasteiger partial charge in [-0.25, -0.2) is 9.37 Å². The molecule has 142 valence electrons. The lowest BCUT2D eigenvalue weighted by molar-refractivity contribution is 0.0723. The molecule has 0 atom stereocenters. The standard InChI is InChI=1S/C20H18FN5OS/c1-24-9-13(8-22-24)10-25(14-6-7-14)19(27)18-12-28-20-23-17(11-26(18)20)15-4-2-3-5-16(15)21/h2-5,8-9,11-12,14H,6-7,10H2,1H3. The van der Waals surface area contributed by atoms with Crippen LogP contribution in [0.3, 0.4) is 0 Å². The van der Waals surface area contributed by atoms with Crippen molar-refractivity contribution in [3.63, 3.8) is 0 Å². The molecular formula is C20H18FN5OS. The van der Waals surface area contributed by atoms with Crippen LogP contribution in [0.5, 0.6) is 0 Å². The Balaban J connectivity index is 1.49. The molecule has 0 unspecified atom stereocenters. The van der Waals surface area contributed by atoms with Crippen molar-refractivity contribution in [2.45, 2.75) is 25.4 Å². The zero-order valence-electron chi connectivity index (χ0n) is 15.2. The maximum absolute atomic E-state index is 14.1. The first-order valence-electron chi connectivity index (χ1n) is 9.10. The largest absolute Gasteiger partial charge is 0.330 e. The molecule has 0 saturated heterocycles. The summed E-state index contributed by atoms with van der Waals surface area (Å²) in [5, 5.41) is 6.02. The van der Waals surface area contributed by atoms with Crippen molar-refractivity contribution >= 4 is 22.2 Å². The first kappa shape index (κ1) is 17.1. The van der Waals surface area contributed by atoms with Gasteiger partial charge in [0.15, 0.2) is 4.96 Å². The van der Waals surface area contributed by atoms with Crippen molar-refractivity contribution < 1.29 is 9.18 Å². The number of aryl methyl sites for hydroxylation is 1. The molecule has 1 aliphatic rings. The van der Waals surface area contributed by atoms with Crippen LogP contribution in [0.2, 0.25) is 0 Å². The lowest BCUT2D eigenvalue weighted by Crippen LogP contribution is -2.33. The van der Waals surface area contributed by atoms with Crippen LogP contribution < -0.4 is 0 Å². The molecule has 0 bridgehead atoms. The second-order valence-corrected chi connectivity index (χ2v) is 7.90. The Morgan fingerprint density at radius 2 is 2.14 bits per heavy atom. The summed E-state index contributed by atoms with van der Waals surface area (Å²) in [5.41, 5.74) is 2.54. The molecular weight excluding hydrogens is 377 g/mol. The monoisotopic (exact) mass is 395 g/mol. The van der Waals surface area contributed by atoms with E-state index in [9.17, 15) is 9.18 Å². The van der Waals surface area contributed by atoms with Gasteiger partial charge in [-0.05, 0) is 25.0 Å². The Morgan fingerprint density at radius 1 is 1.32 bits per heavy atom. The van der Waals surface area contributed by atoms with E-state index in [0.717, 1.165) is 18.4 Å². The molecule has 1 aromatic carbocycles. The van der Waals surface area contributed by atoms with Gasteiger partial charge in [0, 0.05) is 48.5 Å². The summed E-state index contributed by atoms with van der Waals surface area (Å²) in [6.45, 7) is 0.531. The highest BCUT2D eigenvalue weighted by molar-refractivity contribution is 7.15. The average Bonchev–Trinajstić information content (AvgIpc) is 3.11. The molecule has 0 radical (unpaired) electrons. The number of hydrogen-bond donors (Lipinski definition) is 0. The van der Waals surface area contributed by atoms with Crippen LogP contribution in [0.25, 0.3) is 16.2 Å². The first-order chi connectivity index (χ1) is 13.6. The average molecular weight is 395 g/mol. The van der Waals surface area contributed by atoms with Crippen LogP contribution in [0, 0.1) is 5.82 Å². The molecule has 0 aliphatic heterocycles. The summed E-state index contributed by atoms with van der Waals surface area (Å²) >= 11 is 1.39. The number of thiazole rings is 1. The lowest BCUT2D eigenvalue weighted by atomic mass is 10.1. The van der Waals surface area contributed by atoms with Gasteiger partial charge in [0.25, 0.3) is 5.91 Å². The van der Waals surface area contributed by atoms with E-state index in [0.29, 0.717) is 28.5 Å². The minimum absolute atomic E-state index is 0.0323. The van der Waals surface area contributed by atoms with E-state index in [1.807, 2.05) is 23.5 Å². The lowest BCUT2D eigenvalue weighted by Gasteiger charge is -2.21. The number of benzene rings is 1. The molecule has 1 saturated carbocycles. The Labute approximate surface area is 164 Å². The van der Waals surface area contributed by atoms with E-state index in [-0.39, 0.29) is 17.8 Å². The van der Waals surface area contributed by atoms with Gasteiger partial charge in [-0.3, -0.25) is 13.9 Å². The third-order valence-electron chi connectivity index (χ3n) is 4.94. The van der Waals surface area contributed by atoms with Crippen molar-refractivity contribution in [1.29, 1.82) is 0 Å². The molecule has 3 aromatic heterocycles. The summed E-state index contributed by atoms with van der Waals surface area (Å²) < 4.78 is 17.6. The van der Waals surface area contributed by atoms with Crippen molar-refractivity contribution in [3.05, 3.63) is 65.3 Å². The van der Waals surface area contributed by atoms with Crippen LogP contribution in [0.15, 0.2) is 48.2 Å². The van der Waals surface area contributed by atoms with Crippen LogP contribution in [0.1, 0.15) is 28.9 Å². The smallest absolute Gasteiger partial charge is 0.272 e. The molecule has 4 aromatic rings. The minimum atomic E-state index is -0.322. The molecule has 0 N–H and O–H groups in total. The second kappa shape index (κ2) is 6.56. The third-order valence-corrected chi connectivity index (χ3v) is 5.78. The Bertz CT molecular complexity index is 1170. The number of aromatic nitrogens is 4. The van der Waals surface area contributed by atoms with E-state index >= 15 is 0 Å². The number of hydrogen-bond acceptors (Lipinski definition) is 4. The number of nitrogens with zero attached hydrogens (tertiary/aromatic N) is 5. The molecule has 1 amide bonds. The summed E-state index contributed by atoms with van der Waals surface area (Å²) in [7, 11) is 1.87. The summed E-state index contributed by atoms with van der Waals surface area (Å²) in [6, 6.07) is 6.80. The fourth-order valence-corrected chi connectivity index (χ4v) is 4.23. The molecule has 28 heavy (non-hydrogen) atoms. The van der Waals surface area contributed by atoms with E-state index in [4.69, 9.17) is 0 Å². The number of amides is 1. The van der Waals surface area contributed by atoms with Crippen LogP contribution in [-0.2, 0) is 13.6 Å². The van der Waals surface area contributed by atoms with Gasteiger partial charge in [-0.15, -0.1) is 11.3 Å². The number of carbonyl (C=O) groups excluding carboxylic acids is 1. The highest BCUT2D eigenvalue weighted by Gasteiger charge is 2.34. The van der Waals surface area contributed by atoms with E-state index in [2.05, 4.69) is 10.1 Å². The molecule has 0 spiro atoms. The van der Waals surface area contributed by atoms with Crippen LogP contribution >= 0.6 is 11.3 Å². The van der Waals surface area contributed by atoms with Gasteiger partial charge in [-0.1, -0.05) is 12.1 Å². The molecule has 3 heterocycles. The van der Waals surface area contributed by atoms with Gasteiger partial charge in [-0.2, -0.15) is 5.10 Å². The fourth-order valence-electron chi connectivity index (χ4n) is 3.39. The Hall–Kier alpha value is -3.00. The number of rotatable bonds is 5. The molecule has 5 rings (SSSR count). The zero-order valence-corrected chi connectivity index (χ0v) is 16.1. The minimum Gasteiger partial charge on any atom is -0.330 e. The van der Waals surface area contributed by atoms with Crippen LogP contribution in [0.4, 0.5) is 4.39 Å². The first-order valence-corrected chi connectivity index (χ1v) is 9.98. The number of halogens is 1. The van der Waals surface area contributed by atoms with Crippen molar-refractivity contribution in [2.75, 3.05) is 0 Å². The van der Waals surface area contributed by atoms with E-state index in [1.165, 1.54) is 17.4 Å². The predicted molar refractivity (Wildman–Crippen MR) is 105 cm³/mol. The van der Waals surface area contributed by atoms with Crippen LogP contribution in [-0.4, -0.2) is 36.0 Å². The SMILES string of the molecule is Cn1cc(CN(C(=O)c2csc3nc(-c4ccccc4F)cn23)C2CC2)cn1. The Kier molecular flexibility index (Phi) is 4.01. The quantitative estimate of drug-likeness (QED) is 0.517. The molecule has 8 heteroatoms. The normalized spacial score (nSPS) is 13.9. The highest BCUT2D eigenvalue weighted by atomic mass is 32.1. The molecule has 1 aliphatic carbocycles. The van der Waals surface area contributed by atoms with E-state index < -0.39 is 0 Å². The summed E-state index contributed by atoms with van der Waals surface area (Å²) in [5.74, 6) is -0.354. The third kappa shape index (κ3) is 2.99. The van der Waals surface area contributed by atoms with Gasteiger partial charge in [0.05, 0.1) is 11.9 Å². The van der Waals surface area contributed by atoms with Crippen molar-refractivity contribution in [1.82, 2.24) is 24.1 Å². The van der Waals surface area contributed by atoms with Gasteiger partial charge < -0.3 is 4.90 Å². The summed E-state index contributed by atoms with van der Waals surface area (Å²) in [4.78, 5) is 20.4. The van der Waals surface area contributed by atoms with Crippen molar-refractivity contribution in [2.24, 2.45) is 7.05 Å². The zero-order chi connectivity index (χ0) is 19.3. The number of imidazole rings is 1. The highest BCUT2D eigenvalue weighted by Crippen LogP contribution is 2.31. The van der Waals surface area contributed by atoms with Gasteiger partial charge in [0.2, 0.25) is 0 Å². The van der Waals surface area contributed by atoms with E-state index in [1.54, 1.807) is 39.7 Å². The summed E-state index contributed by atoms with van der Waals surface area (Å²) in [6.07, 6.45) is 7.50. The van der Waals surface area contributed by atoms with Crippen molar-refractivity contribution in [3.8, 4) is 11.3 Å². The van der Waals surface area contributed by atoms with Gasteiger partial charge in [0.1, 0.15) is 11.5 Å². The Morgan fingerprint density at radius 3 is 2.86 bits per heavy atom. The molecule has 6 nitrogen and oxygen atoms in total. The maximum atomic E-state index is 14.1. The fraction of sp³-hybridized carbons (Fsp3) is 0.250. The molecule has 1 fully saturated rings. The second-order valence-electron chi connectivity index (χ2n) is 7.07. The maximum Gasteiger partial charge on any atom is 0.272 e. The number of carbonyl (C=O) groups is 1. The predicted octanol–water partition coefficient (Wildman–Crippen LogP) is 3.74. The topological polar surface area (TPSA) is 55.4 Å². The number of fused-ring (bicyclic) bond motifs is 1. The van der Waals surface area contributed by atoms with Gasteiger partial charge >= 0.3 is 0 Å².